The molecule has 2 rings (SSSR count). The molecular formula is C15H23ClN2. The Kier molecular flexibility index (Phi) is 5.33. The number of nitrogens with zero attached hydrogens (tertiary/aromatic N) is 1. The first-order chi connectivity index (χ1) is 8.79. The third-order valence-electron chi connectivity index (χ3n) is 3.68. The lowest BCUT2D eigenvalue weighted by molar-refractivity contribution is 0.332. The van der Waals surface area contributed by atoms with Gasteiger partial charge in [0.2, 0.25) is 0 Å². The summed E-state index contributed by atoms with van der Waals surface area (Å²) in [5.74, 6) is 0.926. The number of benzene rings is 1. The predicted octanol–water partition coefficient (Wildman–Crippen LogP) is 3.87. The van der Waals surface area contributed by atoms with Gasteiger partial charge in [-0.05, 0) is 37.4 Å². The molecule has 1 unspecified atom stereocenters. The van der Waals surface area contributed by atoms with Crippen LogP contribution in [0.3, 0.4) is 0 Å². The fraction of sp³-hybridized carbons (Fsp3) is 0.600. The van der Waals surface area contributed by atoms with Crippen LogP contribution in [-0.2, 0) is 0 Å². The Bertz CT molecular complexity index is 367. The standard InChI is InChI=1S/C15H23ClN2/c1-2-5-13-8-10-18(12-13)11-9-17-15-7-4-3-6-14(15)16/h3-4,6-7,13,17H,2,5,8-12H2,1H3. The minimum Gasteiger partial charge on any atom is -0.383 e. The molecule has 0 saturated carbocycles. The molecule has 1 aliphatic rings. The largest absolute Gasteiger partial charge is 0.383 e. The molecule has 0 amide bonds. The summed E-state index contributed by atoms with van der Waals surface area (Å²) >= 11 is 6.11. The van der Waals surface area contributed by atoms with E-state index in [0.717, 1.165) is 29.7 Å². The first-order valence-electron chi connectivity index (χ1n) is 7.00. The lowest BCUT2D eigenvalue weighted by atomic mass is 10.0. The predicted molar refractivity (Wildman–Crippen MR) is 79.4 cm³/mol. The highest BCUT2D eigenvalue weighted by molar-refractivity contribution is 6.33. The van der Waals surface area contributed by atoms with Crippen molar-refractivity contribution in [3.63, 3.8) is 0 Å². The average molecular weight is 267 g/mol. The summed E-state index contributed by atoms with van der Waals surface area (Å²) in [4.78, 5) is 2.56. The van der Waals surface area contributed by atoms with Gasteiger partial charge >= 0.3 is 0 Å². The van der Waals surface area contributed by atoms with E-state index in [1.807, 2.05) is 24.3 Å². The van der Waals surface area contributed by atoms with E-state index < -0.39 is 0 Å². The number of rotatable bonds is 6. The lowest BCUT2D eigenvalue weighted by Crippen LogP contribution is -2.27. The van der Waals surface area contributed by atoms with E-state index in [-0.39, 0.29) is 0 Å². The highest BCUT2D eigenvalue weighted by Gasteiger charge is 2.20. The van der Waals surface area contributed by atoms with Crippen molar-refractivity contribution in [2.45, 2.75) is 26.2 Å². The van der Waals surface area contributed by atoms with Crippen molar-refractivity contribution in [3.05, 3.63) is 29.3 Å². The number of nitrogens with one attached hydrogen (secondary N) is 1. The van der Waals surface area contributed by atoms with Gasteiger partial charge in [-0.15, -0.1) is 0 Å². The van der Waals surface area contributed by atoms with E-state index in [1.165, 1.54) is 32.4 Å². The number of halogens is 1. The van der Waals surface area contributed by atoms with Gasteiger partial charge in [-0.25, -0.2) is 0 Å². The third kappa shape index (κ3) is 3.89. The Balaban J connectivity index is 1.69. The lowest BCUT2D eigenvalue weighted by Gasteiger charge is -2.17. The fourth-order valence-electron chi connectivity index (χ4n) is 2.71. The van der Waals surface area contributed by atoms with Gasteiger partial charge in [0.15, 0.2) is 0 Å². The Hall–Kier alpha value is -0.730. The molecule has 18 heavy (non-hydrogen) atoms. The van der Waals surface area contributed by atoms with Gasteiger partial charge in [-0.3, -0.25) is 0 Å². The van der Waals surface area contributed by atoms with Gasteiger partial charge in [-0.1, -0.05) is 37.1 Å². The molecule has 1 aliphatic heterocycles. The molecule has 2 nitrogen and oxygen atoms in total. The minimum absolute atomic E-state index is 0.808. The number of hydrogen-bond donors (Lipinski definition) is 1. The molecule has 100 valence electrons. The normalized spacial score (nSPS) is 20.2. The zero-order valence-corrected chi connectivity index (χ0v) is 11.9. The monoisotopic (exact) mass is 266 g/mol. The van der Waals surface area contributed by atoms with E-state index in [0.29, 0.717) is 0 Å². The summed E-state index contributed by atoms with van der Waals surface area (Å²) < 4.78 is 0. The number of likely N-dealkylation sites (tertiary alicyclic amines) is 1. The molecule has 1 saturated heterocycles. The van der Waals surface area contributed by atoms with Crippen LogP contribution in [0.2, 0.25) is 5.02 Å². The van der Waals surface area contributed by atoms with Crippen molar-refractivity contribution in [1.82, 2.24) is 4.90 Å². The van der Waals surface area contributed by atoms with Crippen LogP contribution in [-0.4, -0.2) is 31.1 Å². The van der Waals surface area contributed by atoms with Gasteiger partial charge in [0.25, 0.3) is 0 Å². The molecule has 0 spiro atoms. The minimum atomic E-state index is 0.808. The molecule has 0 radical (unpaired) electrons. The summed E-state index contributed by atoms with van der Waals surface area (Å²) in [6.45, 7) is 6.91. The van der Waals surface area contributed by atoms with Gasteiger partial charge in [0.05, 0.1) is 10.7 Å². The maximum Gasteiger partial charge on any atom is 0.0637 e. The molecule has 1 fully saturated rings. The average Bonchev–Trinajstić information content (AvgIpc) is 2.80. The number of para-hydroxylation sites is 1. The highest BCUT2D eigenvalue weighted by Crippen LogP contribution is 2.22. The molecule has 1 atom stereocenters. The highest BCUT2D eigenvalue weighted by atomic mass is 35.5. The van der Waals surface area contributed by atoms with Crippen LogP contribution in [0, 0.1) is 5.92 Å². The summed E-state index contributed by atoms with van der Waals surface area (Å²) in [6, 6.07) is 7.94. The third-order valence-corrected chi connectivity index (χ3v) is 4.01. The van der Waals surface area contributed by atoms with Crippen molar-refractivity contribution in [1.29, 1.82) is 0 Å². The second kappa shape index (κ2) is 7.01. The molecule has 0 bridgehead atoms. The molecule has 1 aromatic rings. The molecule has 1 heterocycles. The van der Waals surface area contributed by atoms with Crippen molar-refractivity contribution >= 4 is 17.3 Å². The van der Waals surface area contributed by atoms with E-state index in [4.69, 9.17) is 11.6 Å². The molecule has 1 N–H and O–H groups in total. The quantitative estimate of drug-likeness (QED) is 0.841. The Morgan fingerprint density at radius 3 is 3.00 bits per heavy atom. The van der Waals surface area contributed by atoms with E-state index in [1.54, 1.807) is 0 Å². The molecule has 1 aromatic carbocycles. The van der Waals surface area contributed by atoms with Crippen molar-refractivity contribution in [2.24, 2.45) is 5.92 Å². The summed E-state index contributed by atoms with van der Waals surface area (Å²) in [5, 5.41) is 4.22. The van der Waals surface area contributed by atoms with E-state index in [2.05, 4.69) is 17.1 Å². The van der Waals surface area contributed by atoms with Crippen LogP contribution in [0.25, 0.3) is 0 Å². The summed E-state index contributed by atoms with van der Waals surface area (Å²) in [7, 11) is 0. The van der Waals surface area contributed by atoms with Crippen molar-refractivity contribution in [3.8, 4) is 0 Å². The molecule has 0 aliphatic carbocycles. The second-order valence-electron chi connectivity index (χ2n) is 5.15. The van der Waals surface area contributed by atoms with Crippen LogP contribution in [0.4, 0.5) is 5.69 Å². The Morgan fingerprint density at radius 1 is 1.39 bits per heavy atom. The molecule has 3 heteroatoms. The van der Waals surface area contributed by atoms with Gasteiger partial charge in [-0.2, -0.15) is 0 Å². The van der Waals surface area contributed by atoms with E-state index in [9.17, 15) is 0 Å². The SMILES string of the molecule is CCCC1CCN(CCNc2ccccc2Cl)C1. The van der Waals surface area contributed by atoms with E-state index >= 15 is 0 Å². The first kappa shape index (κ1) is 13.7. The molecular weight excluding hydrogens is 244 g/mol. The number of anilines is 1. The summed E-state index contributed by atoms with van der Waals surface area (Å²) in [5.41, 5.74) is 1.04. The van der Waals surface area contributed by atoms with Crippen LogP contribution >= 0.6 is 11.6 Å². The Morgan fingerprint density at radius 2 is 2.22 bits per heavy atom. The second-order valence-corrected chi connectivity index (χ2v) is 5.56. The fourth-order valence-corrected chi connectivity index (χ4v) is 2.92. The van der Waals surface area contributed by atoms with Crippen LogP contribution < -0.4 is 5.32 Å². The zero-order chi connectivity index (χ0) is 12.8. The van der Waals surface area contributed by atoms with Crippen molar-refractivity contribution in [2.75, 3.05) is 31.5 Å². The smallest absolute Gasteiger partial charge is 0.0637 e. The van der Waals surface area contributed by atoms with Crippen molar-refractivity contribution < 1.29 is 0 Å². The zero-order valence-electron chi connectivity index (χ0n) is 11.2. The first-order valence-corrected chi connectivity index (χ1v) is 7.38. The van der Waals surface area contributed by atoms with Gasteiger partial charge < -0.3 is 10.2 Å². The molecule has 0 aromatic heterocycles. The number of hydrogen-bond acceptors (Lipinski definition) is 2. The summed E-state index contributed by atoms with van der Waals surface area (Å²) in [6.07, 6.45) is 4.07. The van der Waals surface area contributed by atoms with Crippen LogP contribution in [0.5, 0.6) is 0 Å². The maximum atomic E-state index is 6.11. The van der Waals surface area contributed by atoms with Crippen LogP contribution in [0.15, 0.2) is 24.3 Å². The maximum absolute atomic E-state index is 6.11. The van der Waals surface area contributed by atoms with Gasteiger partial charge in [0, 0.05) is 19.6 Å². The van der Waals surface area contributed by atoms with Crippen LogP contribution in [0.1, 0.15) is 26.2 Å². The topological polar surface area (TPSA) is 15.3 Å². The Labute approximate surface area is 115 Å². The van der Waals surface area contributed by atoms with Gasteiger partial charge in [0.1, 0.15) is 0 Å².